The number of carbonyl (C=O) groups excluding carboxylic acids is 1. The van der Waals surface area contributed by atoms with Crippen LogP contribution in [0.5, 0.6) is 5.75 Å². The van der Waals surface area contributed by atoms with Crippen molar-refractivity contribution in [1.29, 1.82) is 0 Å². The second-order valence-corrected chi connectivity index (χ2v) is 3.02. The largest absolute Gasteiger partial charge is 0.493 e. The van der Waals surface area contributed by atoms with E-state index in [9.17, 15) is 18.0 Å². The Bertz CT molecular complexity index is 421. The molecular weight excluding hydrogens is 223 g/mol. The fourth-order valence-corrected chi connectivity index (χ4v) is 1.24. The van der Waals surface area contributed by atoms with Gasteiger partial charge in [-0.15, -0.1) is 0 Å². The number of benzene rings is 1. The Morgan fingerprint density at radius 1 is 1.38 bits per heavy atom. The quantitative estimate of drug-likeness (QED) is 0.633. The molecule has 16 heavy (non-hydrogen) atoms. The van der Waals surface area contributed by atoms with E-state index in [0.29, 0.717) is 6.07 Å². The van der Waals surface area contributed by atoms with Gasteiger partial charge in [0, 0.05) is 0 Å². The third-order valence-electron chi connectivity index (χ3n) is 1.96. The van der Waals surface area contributed by atoms with Gasteiger partial charge in [0.2, 0.25) is 5.82 Å². The number of hydrogen-bond acceptors (Lipinski definition) is 3. The SMILES string of the molecule is CNCC(=O)c1cc(F)c(F)c(F)c1OC. The van der Waals surface area contributed by atoms with E-state index in [0.717, 1.165) is 7.11 Å². The zero-order valence-corrected chi connectivity index (χ0v) is 8.73. The average Bonchev–Trinajstić information content (AvgIpc) is 2.26. The van der Waals surface area contributed by atoms with E-state index in [4.69, 9.17) is 0 Å². The summed E-state index contributed by atoms with van der Waals surface area (Å²) in [5, 5.41) is 2.53. The molecule has 0 amide bonds. The summed E-state index contributed by atoms with van der Waals surface area (Å²) in [6.07, 6.45) is 0. The topological polar surface area (TPSA) is 38.3 Å². The van der Waals surface area contributed by atoms with E-state index >= 15 is 0 Å². The monoisotopic (exact) mass is 233 g/mol. The van der Waals surface area contributed by atoms with Crippen LogP contribution in [-0.2, 0) is 0 Å². The molecule has 0 radical (unpaired) electrons. The van der Waals surface area contributed by atoms with Crippen molar-refractivity contribution < 1.29 is 22.7 Å². The predicted molar refractivity (Wildman–Crippen MR) is 51.1 cm³/mol. The molecule has 88 valence electrons. The number of Topliss-reactive ketones (excluding diaryl/α,β-unsaturated/α-hetero) is 1. The van der Waals surface area contributed by atoms with Gasteiger partial charge in [-0.2, -0.15) is 4.39 Å². The second-order valence-electron chi connectivity index (χ2n) is 3.02. The van der Waals surface area contributed by atoms with Crippen LogP contribution in [0.4, 0.5) is 13.2 Å². The minimum Gasteiger partial charge on any atom is -0.493 e. The summed E-state index contributed by atoms with van der Waals surface area (Å²) in [6, 6.07) is 0.622. The van der Waals surface area contributed by atoms with Gasteiger partial charge in [0.25, 0.3) is 0 Å². The highest BCUT2D eigenvalue weighted by Crippen LogP contribution is 2.27. The van der Waals surface area contributed by atoms with Crippen molar-refractivity contribution in [3.8, 4) is 5.75 Å². The summed E-state index contributed by atoms with van der Waals surface area (Å²) in [5.74, 6) is -5.74. The number of likely N-dealkylation sites (N-methyl/N-ethyl adjacent to an activating group) is 1. The minimum absolute atomic E-state index is 0.124. The first-order valence-electron chi connectivity index (χ1n) is 4.42. The van der Waals surface area contributed by atoms with Gasteiger partial charge >= 0.3 is 0 Å². The van der Waals surface area contributed by atoms with Gasteiger partial charge in [0.05, 0.1) is 19.2 Å². The van der Waals surface area contributed by atoms with Crippen LogP contribution in [0, 0.1) is 17.5 Å². The summed E-state index contributed by atoms with van der Waals surface area (Å²) in [5.41, 5.74) is -0.326. The Morgan fingerprint density at radius 3 is 2.50 bits per heavy atom. The number of halogens is 3. The molecule has 0 heterocycles. The van der Waals surface area contributed by atoms with Crippen molar-refractivity contribution in [1.82, 2.24) is 5.32 Å². The zero-order chi connectivity index (χ0) is 12.3. The zero-order valence-electron chi connectivity index (χ0n) is 8.73. The maximum absolute atomic E-state index is 13.2. The normalized spacial score (nSPS) is 10.3. The molecule has 0 bridgehead atoms. The molecule has 0 atom stereocenters. The highest BCUT2D eigenvalue weighted by molar-refractivity contribution is 6.00. The molecule has 0 spiro atoms. The molecule has 0 unspecified atom stereocenters. The van der Waals surface area contributed by atoms with Gasteiger partial charge < -0.3 is 10.1 Å². The van der Waals surface area contributed by atoms with Crippen LogP contribution in [0.2, 0.25) is 0 Å². The van der Waals surface area contributed by atoms with E-state index in [-0.39, 0.29) is 12.1 Å². The van der Waals surface area contributed by atoms with Gasteiger partial charge in [-0.1, -0.05) is 0 Å². The molecule has 0 saturated heterocycles. The first-order valence-corrected chi connectivity index (χ1v) is 4.42. The number of carbonyl (C=O) groups is 1. The lowest BCUT2D eigenvalue weighted by molar-refractivity contribution is 0.0989. The van der Waals surface area contributed by atoms with Crippen LogP contribution in [0.3, 0.4) is 0 Å². The van der Waals surface area contributed by atoms with Gasteiger partial charge in [-0.25, -0.2) is 8.78 Å². The molecule has 0 aliphatic rings. The summed E-state index contributed by atoms with van der Waals surface area (Å²) < 4.78 is 43.5. The lowest BCUT2D eigenvalue weighted by Crippen LogP contribution is -2.20. The smallest absolute Gasteiger partial charge is 0.204 e. The van der Waals surface area contributed by atoms with Gasteiger partial charge in [-0.05, 0) is 13.1 Å². The number of hydrogen-bond donors (Lipinski definition) is 1. The van der Waals surface area contributed by atoms with Crippen LogP contribution in [0.15, 0.2) is 6.07 Å². The summed E-state index contributed by atoms with van der Waals surface area (Å²) in [6.45, 7) is -0.124. The first kappa shape index (κ1) is 12.5. The maximum Gasteiger partial charge on any atom is 0.204 e. The number of rotatable bonds is 4. The maximum atomic E-state index is 13.2. The third kappa shape index (κ3) is 2.16. The van der Waals surface area contributed by atoms with Crippen molar-refractivity contribution in [2.75, 3.05) is 20.7 Å². The Balaban J connectivity index is 3.33. The lowest BCUT2D eigenvalue weighted by Gasteiger charge is -2.09. The highest BCUT2D eigenvalue weighted by atomic mass is 19.2. The molecule has 0 fully saturated rings. The second kappa shape index (κ2) is 4.98. The van der Waals surface area contributed by atoms with Crippen LogP contribution < -0.4 is 10.1 Å². The summed E-state index contributed by atoms with van der Waals surface area (Å²) in [7, 11) is 2.58. The minimum atomic E-state index is -1.65. The molecule has 1 N–H and O–H groups in total. The molecule has 1 aromatic rings. The third-order valence-corrected chi connectivity index (χ3v) is 1.96. The number of nitrogens with one attached hydrogen (secondary N) is 1. The molecule has 1 aromatic carbocycles. The Morgan fingerprint density at radius 2 is 2.00 bits per heavy atom. The molecule has 0 aromatic heterocycles. The van der Waals surface area contributed by atoms with Crippen LogP contribution in [0.25, 0.3) is 0 Å². The van der Waals surface area contributed by atoms with Crippen LogP contribution in [0.1, 0.15) is 10.4 Å². The number of methoxy groups -OCH3 is 1. The fraction of sp³-hybridized carbons (Fsp3) is 0.300. The van der Waals surface area contributed by atoms with Crippen molar-refractivity contribution in [2.24, 2.45) is 0 Å². The molecule has 0 aliphatic heterocycles. The Kier molecular flexibility index (Phi) is 3.89. The Labute approximate surface area is 90.2 Å². The van der Waals surface area contributed by atoms with E-state index in [1.807, 2.05) is 0 Å². The van der Waals surface area contributed by atoms with Gasteiger partial charge in [-0.3, -0.25) is 4.79 Å². The molecule has 3 nitrogen and oxygen atoms in total. The van der Waals surface area contributed by atoms with Crippen molar-refractivity contribution in [2.45, 2.75) is 0 Å². The molecular formula is C10H10F3NO2. The molecule has 6 heteroatoms. The fourth-order valence-electron chi connectivity index (χ4n) is 1.24. The molecule has 0 aliphatic carbocycles. The van der Waals surface area contributed by atoms with E-state index in [1.165, 1.54) is 7.05 Å². The highest BCUT2D eigenvalue weighted by Gasteiger charge is 2.22. The van der Waals surface area contributed by atoms with Crippen molar-refractivity contribution >= 4 is 5.78 Å². The average molecular weight is 233 g/mol. The lowest BCUT2D eigenvalue weighted by atomic mass is 10.1. The van der Waals surface area contributed by atoms with Gasteiger partial charge in [0.1, 0.15) is 0 Å². The molecule has 1 rings (SSSR count). The van der Waals surface area contributed by atoms with E-state index in [2.05, 4.69) is 10.1 Å². The standard InChI is InChI=1S/C10H10F3NO2/c1-14-4-7(15)5-3-6(11)8(12)9(13)10(5)16-2/h3,14H,4H2,1-2H3. The van der Waals surface area contributed by atoms with Crippen molar-refractivity contribution in [3.05, 3.63) is 29.1 Å². The van der Waals surface area contributed by atoms with Gasteiger partial charge in [0.15, 0.2) is 23.2 Å². The first-order chi connectivity index (χ1) is 7.52. The predicted octanol–water partition coefficient (Wildman–Crippen LogP) is 1.51. The Hall–Kier alpha value is -1.56. The van der Waals surface area contributed by atoms with Crippen molar-refractivity contribution in [3.63, 3.8) is 0 Å². The van der Waals surface area contributed by atoms with E-state index in [1.54, 1.807) is 0 Å². The summed E-state index contributed by atoms with van der Waals surface area (Å²) in [4.78, 5) is 11.4. The van der Waals surface area contributed by atoms with E-state index < -0.39 is 29.0 Å². The number of ether oxygens (including phenoxy) is 1. The molecule has 0 saturated carbocycles. The summed E-state index contributed by atoms with van der Waals surface area (Å²) >= 11 is 0. The van der Waals surface area contributed by atoms with Crippen LogP contribution in [-0.4, -0.2) is 26.5 Å². The number of ketones is 1. The van der Waals surface area contributed by atoms with Crippen LogP contribution >= 0.6 is 0 Å².